The topological polar surface area (TPSA) is 57.5 Å². The number of hydrogen-bond acceptors (Lipinski definition) is 5. The summed E-state index contributed by atoms with van der Waals surface area (Å²) in [5.41, 5.74) is 3.55. The summed E-state index contributed by atoms with van der Waals surface area (Å²) in [6.45, 7) is 3.65. The molecule has 1 N–H and O–H groups in total. The molecular formula is C20H27N3O3. The molecular weight excluding hydrogens is 330 g/mol. The Bertz CT molecular complexity index is 774. The van der Waals surface area contributed by atoms with Crippen molar-refractivity contribution in [2.24, 2.45) is 7.05 Å². The minimum atomic E-state index is 0.0982. The van der Waals surface area contributed by atoms with Crippen LogP contribution in [0.1, 0.15) is 42.7 Å². The lowest BCUT2D eigenvalue weighted by molar-refractivity contribution is -0.00407. The number of aromatic nitrogens is 2. The highest BCUT2D eigenvalue weighted by Gasteiger charge is 2.27. The van der Waals surface area contributed by atoms with E-state index in [0.717, 1.165) is 49.6 Å². The Morgan fingerprint density at radius 3 is 3.04 bits per heavy atom. The van der Waals surface area contributed by atoms with Crippen LogP contribution >= 0.6 is 0 Å². The van der Waals surface area contributed by atoms with Gasteiger partial charge in [-0.3, -0.25) is 0 Å². The molecule has 4 rings (SSSR count). The average Bonchev–Trinajstić information content (AvgIpc) is 3.24. The summed E-state index contributed by atoms with van der Waals surface area (Å²) in [4.78, 5) is 4.21. The maximum atomic E-state index is 6.04. The van der Waals surface area contributed by atoms with Gasteiger partial charge in [-0.15, -0.1) is 0 Å². The standard InChI is InChI=1S/C20H27N3O3/c1-13-6-14-7-17(24-3)8-15(20(14)26-13)10-22-16-4-5-25-19(9-16)18-11-21-12-23(18)2/h7-8,11-13,16,19,22H,4-6,9-10H2,1-3H3/t13-,16+,19-/m0/s1. The quantitative estimate of drug-likeness (QED) is 0.892. The van der Waals surface area contributed by atoms with E-state index in [1.165, 1.54) is 11.1 Å². The lowest BCUT2D eigenvalue weighted by Gasteiger charge is -2.30. The molecule has 0 amide bonds. The summed E-state index contributed by atoms with van der Waals surface area (Å²) in [7, 11) is 3.73. The third kappa shape index (κ3) is 3.44. The zero-order valence-corrected chi connectivity index (χ0v) is 15.7. The van der Waals surface area contributed by atoms with E-state index in [9.17, 15) is 0 Å². The molecule has 6 nitrogen and oxygen atoms in total. The van der Waals surface area contributed by atoms with Crippen molar-refractivity contribution in [1.29, 1.82) is 0 Å². The van der Waals surface area contributed by atoms with Crippen LogP contribution in [-0.2, 0) is 24.8 Å². The van der Waals surface area contributed by atoms with Gasteiger partial charge in [-0.2, -0.15) is 0 Å². The van der Waals surface area contributed by atoms with Gasteiger partial charge in [-0.25, -0.2) is 4.98 Å². The predicted molar refractivity (Wildman–Crippen MR) is 98.6 cm³/mol. The Morgan fingerprint density at radius 1 is 1.38 bits per heavy atom. The molecule has 1 aromatic carbocycles. The summed E-state index contributed by atoms with van der Waals surface area (Å²) in [5, 5.41) is 3.70. The molecule has 1 aromatic heterocycles. The van der Waals surface area contributed by atoms with Crippen LogP contribution in [0.4, 0.5) is 0 Å². The Hall–Kier alpha value is -2.05. The van der Waals surface area contributed by atoms with E-state index in [2.05, 4.69) is 29.4 Å². The average molecular weight is 357 g/mol. The normalized spacial score (nSPS) is 25.0. The maximum absolute atomic E-state index is 6.04. The Kier molecular flexibility index (Phi) is 4.87. The van der Waals surface area contributed by atoms with Gasteiger partial charge in [0.1, 0.15) is 23.7 Å². The highest BCUT2D eigenvalue weighted by Crippen LogP contribution is 2.36. The predicted octanol–water partition coefficient (Wildman–Crippen LogP) is 2.76. The number of rotatable bonds is 5. The van der Waals surface area contributed by atoms with Crippen molar-refractivity contribution in [3.05, 3.63) is 41.5 Å². The van der Waals surface area contributed by atoms with Crippen LogP contribution in [0.2, 0.25) is 0 Å². The van der Waals surface area contributed by atoms with E-state index in [1.807, 2.05) is 24.1 Å². The zero-order valence-electron chi connectivity index (χ0n) is 15.7. The van der Waals surface area contributed by atoms with E-state index in [-0.39, 0.29) is 12.2 Å². The van der Waals surface area contributed by atoms with Gasteiger partial charge in [0.2, 0.25) is 0 Å². The molecule has 1 fully saturated rings. The minimum Gasteiger partial charge on any atom is -0.497 e. The first kappa shape index (κ1) is 17.4. The summed E-state index contributed by atoms with van der Waals surface area (Å²) in [6, 6.07) is 4.58. The van der Waals surface area contributed by atoms with Crippen molar-refractivity contribution >= 4 is 0 Å². The van der Waals surface area contributed by atoms with Crippen LogP contribution < -0.4 is 14.8 Å². The van der Waals surface area contributed by atoms with Crippen LogP contribution in [0.15, 0.2) is 24.7 Å². The van der Waals surface area contributed by atoms with Gasteiger partial charge in [-0.05, 0) is 31.9 Å². The van der Waals surface area contributed by atoms with Crippen LogP contribution in [0.5, 0.6) is 11.5 Å². The molecule has 26 heavy (non-hydrogen) atoms. The molecule has 0 aliphatic carbocycles. The number of nitrogens with zero attached hydrogens (tertiary/aromatic N) is 2. The molecule has 0 spiro atoms. The van der Waals surface area contributed by atoms with Crippen molar-refractivity contribution in [3.8, 4) is 11.5 Å². The molecule has 2 aliphatic rings. The fourth-order valence-electron chi connectivity index (χ4n) is 3.95. The Morgan fingerprint density at radius 2 is 2.27 bits per heavy atom. The number of ether oxygens (including phenoxy) is 3. The molecule has 2 aromatic rings. The lowest BCUT2D eigenvalue weighted by Crippen LogP contribution is -2.36. The summed E-state index contributed by atoms with van der Waals surface area (Å²) < 4.78 is 19.5. The third-order valence-electron chi connectivity index (χ3n) is 5.33. The third-order valence-corrected chi connectivity index (χ3v) is 5.33. The van der Waals surface area contributed by atoms with E-state index in [4.69, 9.17) is 14.2 Å². The molecule has 6 heteroatoms. The summed E-state index contributed by atoms with van der Waals surface area (Å²) in [5.74, 6) is 1.93. The van der Waals surface area contributed by atoms with E-state index < -0.39 is 0 Å². The molecule has 0 radical (unpaired) electrons. The highest BCUT2D eigenvalue weighted by atomic mass is 16.5. The number of hydrogen-bond donors (Lipinski definition) is 1. The molecule has 140 valence electrons. The van der Waals surface area contributed by atoms with Crippen molar-refractivity contribution in [1.82, 2.24) is 14.9 Å². The molecule has 3 heterocycles. The Balaban J connectivity index is 1.44. The van der Waals surface area contributed by atoms with E-state index >= 15 is 0 Å². The van der Waals surface area contributed by atoms with Gasteiger partial charge in [0.15, 0.2) is 0 Å². The summed E-state index contributed by atoms with van der Waals surface area (Å²) >= 11 is 0. The van der Waals surface area contributed by atoms with Gasteiger partial charge in [0, 0.05) is 43.8 Å². The fraction of sp³-hybridized carbons (Fsp3) is 0.550. The smallest absolute Gasteiger partial charge is 0.127 e. The molecule has 2 aliphatic heterocycles. The molecule has 0 unspecified atom stereocenters. The van der Waals surface area contributed by atoms with Crippen molar-refractivity contribution in [3.63, 3.8) is 0 Å². The zero-order chi connectivity index (χ0) is 18.1. The second-order valence-corrected chi connectivity index (χ2v) is 7.30. The number of benzene rings is 1. The van der Waals surface area contributed by atoms with Gasteiger partial charge in [0.25, 0.3) is 0 Å². The SMILES string of the molecule is COc1cc(CN[C@@H]2CCO[C@H](c3cncn3C)C2)c2c(c1)C[C@H](C)O2. The van der Waals surface area contributed by atoms with Gasteiger partial charge >= 0.3 is 0 Å². The number of nitrogens with one attached hydrogen (secondary N) is 1. The molecule has 3 atom stereocenters. The summed E-state index contributed by atoms with van der Waals surface area (Å²) in [6.07, 6.45) is 6.96. The second kappa shape index (κ2) is 7.29. The maximum Gasteiger partial charge on any atom is 0.127 e. The number of methoxy groups -OCH3 is 1. The first-order valence-corrected chi connectivity index (χ1v) is 9.31. The molecule has 1 saturated heterocycles. The van der Waals surface area contributed by atoms with Gasteiger partial charge < -0.3 is 24.1 Å². The minimum absolute atomic E-state index is 0.0982. The lowest BCUT2D eigenvalue weighted by atomic mass is 10.00. The first-order valence-electron chi connectivity index (χ1n) is 9.31. The van der Waals surface area contributed by atoms with Crippen LogP contribution in [-0.4, -0.2) is 35.4 Å². The van der Waals surface area contributed by atoms with E-state index in [0.29, 0.717) is 6.04 Å². The monoisotopic (exact) mass is 357 g/mol. The van der Waals surface area contributed by atoms with E-state index in [1.54, 1.807) is 7.11 Å². The van der Waals surface area contributed by atoms with Crippen molar-refractivity contribution in [2.75, 3.05) is 13.7 Å². The molecule has 0 saturated carbocycles. The van der Waals surface area contributed by atoms with Crippen LogP contribution in [0.3, 0.4) is 0 Å². The van der Waals surface area contributed by atoms with Crippen LogP contribution in [0, 0.1) is 0 Å². The van der Waals surface area contributed by atoms with Gasteiger partial charge in [-0.1, -0.05) is 0 Å². The number of imidazole rings is 1. The fourth-order valence-corrected chi connectivity index (χ4v) is 3.95. The van der Waals surface area contributed by atoms with Crippen LogP contribution in [0.25, 0.3) is 0 Å². The first-order chi connectivity index (χ1) is 12.6. The molecule has 0 bridgehead atoms. The Labute approximate surface area is 154 Å². The van der Waals surface area contributed by atoms with Crippen molar-refractivity contribution in [2.45, 2.75) is 51.0 Å². The largest absolute Gasteiger partial charge is 0.497 e. The second-order valence-electron chi connectivity index (χ2n) is 7.30. The number of aryl methyl sites for hydroxylation is 1. The van der Waals surface area contributed by atoms with Crippen molar-refractivity contribution < 1.29 is 14.2 Å². The highest BCUT2D eigenvalue weighted by molar-refractivity contribution is 5.49. The number of fused-ring (bicyclic) bond motifs is 1. The van der Waals surface area contributed by atoms with Gasteiger partial charge in [0.05, 0.1) is 25.3 Å².